The topological polar surface area (TPSA) is 36.3 Å². The molecule has 0 radical (unpaired) electrons. The molecule has 0 rings (SSSR count). The molecule has 0 aromatic carbocycles. The lowest BCUT2D eigenvalue weighted by Gasteiger charge is -2.08. The first-order valence-electron chi connectivity index (χ1n) is 3.43. The summed E-state index contributed by atoms with van der Waals surface area (Å²) >= 11 is 0. The average Bonchev–Trinajstić information content (AvgIpc) is 1.87. The largest absolute Gasteiger partial charge is 0.484 e. The molecule has 3 heteroatoms. The summed E-state index contributed by atoms with van der Waals surface area (Å²) in [6.45, 7) is 1.02. The first-order chi connectivity index (χ1) is 4.66. The van der Waals surface area contributed by atoms with Gasteiger partial charge in [0.25, 0.3) is 0 Å². The van der Waals surface area contributed by atoms with Crippen LogP contribution < -0.4 is 0 Å². The lowest BCUT2D eigenvalue weighted by Crippen LogP contribution is -2.14. The first kappa shape index (κ1) is 9.43. The van der Waals surface area contributed by atoms with Crippen molar-refractivity contribution in [1.82, 2.24) is 4.90 Å². The van der Waals surface area contributed by atoms with Crippen LogP contribution in [0.5, 0.6) is 0 Å². The van der Waals surface area contributed by atoms with E-state index in [9.17, 15) is 0 Å². The van der Waals surface area contributed by atoms with Crippen LogP contribution >= 0.6 is 0 Å². The van der Waals surface area contributed by atoms with Gasteiger partial charge in [-0.2, -0.15) is 0 Å². The van der Waals surface area contributed by atoms with Gasteiger partial charge in [-0.15, -0.1) is 0 Å². The molecule has 0 amide bonds. The Kier molecular flexibility index (Phi) is 4.94. The predicted molar refractivity (Wildman–Crippen MR) is 42.5 cm³/mol. The quantitative estimate of drug-likeness (QED) is 0.471. The summed E-state index contributed by atoms with van der Waals surface area (Å²) in [5, 5.41) is 7.14. The van der Waals surface area contributed by atoms with E-state index >= 15 is 0 Å². The molecule has 10 heavy (non-hydrogen) atoms. The predicted octanol–water partition coefficient (Wildman–Crippen LogP) is 0.952. The van der Waals surface area contributed by atoms with Gasteiger partial charge in [0.1, 0.15) is 0 Å². The summed E-state index contributed by atoms with van der Waals surface area (Å²) in [5.74, 6) is 0.377. The van der Waals surface area contributed by atoms with E-state index in [4.69, 9.17) is 10.1 Å². The van der Waals surface area contributed by atoms with E-state index in [1.807, 2.05) is 14.1 Å². The molecule has 0 aliphatic heterocycles. The molecular formula is C7H16N2O. The fourth-order valence-electron chi connectivity index (χ4n) is 0.658. The lowest BCUT2D eigenvalue weighted by molar-refractivity contribution is 0.366. The third-order valence-corrected chi connectivity index (χ3v) is 1.26. The van der Waals surface area contributed by atoms with E-state index in [2.05, 4.69) is 4.90 Å². The van der Waals surface area contributed by atoms with Gasteiger partial charge in [-0.3, -0.25) is 5.41 Å². The van der Waals surface area contributed by atoms with Gasteiger partial charge in [0.15, 0.2) is 5.90 Å². The maximum absolute atomic E-state index is 7.14. The summed E-state index contributed by atoms with van der Waals surface area (Å²) in [5.41, 5.74) is 0. The Morgan fingerprint density at radius 2 is 2.10 bits per heavy atom. The summed E-state index contributed by atoms with van der Waals surface area (Å²) < 4.78 is 4.70. The molecule has 0 aliphatic carbocycles. The SMILES string of the molecule is COC(=N)CCCN(C)C. The fourth-order valence-corrected chi connectivity index (χ4v) is 0.658. The van der Waals surface area contributed by atoms with E-state index in [0.717, 1.165) is 19.4 Å². The molecule has 0 fully saturated rings. The van der Waals surface area contributed by atoms with E-state index in [-0.39, 0.29) is 0 Å². The van der Waals surface area contributed by atoms with Gasteiger partial charge in [0.2, 0.25) is 0 Å². The highest BCUT2D eigenvalue weighted by Gasteiger charge is 1.95. The van der Waals surface area contributed by atoms with E-state index in [1.54, 1.807) is 0 Å². The normalized spacial score (nSPS) is 10.0. The zero-order valence-corrected chi connectivity index (χ0v) is 6.98. The van der Waals surface area contributed by atoms with Crippen LogP contribution in [0.3, 0.4) is 0 Å². The number of methoxy groups -OCH3 is 1. The summed E-state index contributed by atoms with van der Waals surface area (Å²) in [4.78, 5) is 2.10. The third-order valence-electron chi connectivity index (χ3n) is 1.26. The van der Waals surface area contributed by atoms with Crippen molar-refractivity contribution >= 4 is 5.90 Å². The fraction of sp³-hybridized carbons (Fsp3) is 0.857. The standard InChI is InChI=1S/C7H16N2O/c1-9(2)6-4-5-7(8)10-3/h8H,4-6H2,1-3H3. The van der Waals surface area contributed by atoms with Gasteiger partial charge in [-0.05, 0) is 27.1 Å². The van der Waals surface area contributed by atoms with Crippen molar-refractivity contribution < 1.29 is 4.74 Å². The van der Waals surface area contributed by atoms with Gasteiger partial charge in [0, 0.05) is 6.42 Å². The second-order valence-corrected chi connectivity index (χ2v) is 2.53. The Balaban J connectivity index is 3.12. The maximum Gasteiger partial charge on any atom is 0.180 e. The zero-order valence-electron chi connectivity index (χ0n) is 6.98. The van der Waals surface area contributed by atoms with Gasteiger partial charge in [-0.25, -0.2) is 0 Å². The molecule has 0 spiro atoms. The number of hydrogen-bond acceptors (Lipinski definition) is 3. The Hall–Kier alpha value is -0.570. The van der Waals surface area contributed by atoms with Crippen LogP contribution in [0, 0.1) is 5.41 Å². The molecule has 0 unspecified atom stereocenters. The van der Waals surface area contributed by atoms with E-state index in [1.165, 1.54) is 7.11 Å². The van der Waals surface area contributed by atoms with Crippen LogP contribution in [0.4, 0.5) is 0 Å². The van der Waals surface area contributed by atoms with Crippen molar-refractivity contribution in [2.24, 2.45) is 0 Å². The minimum absolute atomic E-state index is 0.377. The number of nitrogens with zero attached hydrogens (tertiary/aromatic N) is 1. The van der Waals surface area contributed by atoms with Crippen molar-refractivity contribution in [3.05, 3.63) is 0 Å². The first-order valence-corrected chi connectivity index (χ1v) is 3.43. The molecular weight excluding hydrogens is 128 g/mol. The number of rotatable bonds is 4. The van der Waals surface area contributed by atoms with Crippen LogP contribution in [-0.2, 0) is 4.74 Å². The van der Waals surface area contributed by atoms with Crippen LogP contribution in [0.2, 0.25) is 0 Å². The van der Waals surface area contributed by atoms with Crippen molar-refractivity contribution in [2.75, 3.05) is 27.7 Å². The lowest BCUT2D eigenvalue weighted by atomic mass is 10.3. The second kappa shape index (κ2) is 5.23. The van der Waals surface area contributed by atoms with Crippen molar-refractivity contribution in [2.45, 2.75) is 12.8 Å². The molecule has 1 N–H and O–H groups in total. The minimum atomic E-state index is 0.377. The average molecular weight is 144 g/mol. The summed E-state index contributed by atoms with van der Waals surface area (Å²) in [6, 6.07) is 0. The van der Waals surface area contributed by atoms with Crippen molar-refractivity contribution in [3.8, 4) is 0 Å². The number of nitrogens with one attached hydrogen (secondary N) is 1. The highest BCUT2D eigenvalue weighted by molar-refractivity contribution is 5.72. The van der Waals surface area contributed by atoms with Gasteiger partial charge < -0.3 is 9.64 Å². The molecule has 0 saturated carbocycles. The highest BCUT2D eigenvalue weighted by Crippen LogP contribution is 1.92. The van der Waals surface area contributed by atoms with Crippen LogP contribution in [0.15, 0.2) is 0 Å². The van der Waals surface area contributed by atoms with Crippen LogP contribution in [0.1, 0.15) is 12.8 Å². The smallest absolute Gasteiger partial charge is 0.180 e. The second-order valence-electron chi connectivity index (χ2n) is 2.53. The number of hydrogen-bond donors (Lipinski definition) is 1. The molecule has 0 aliphatic rings. The molecule has 60 valence electrons. The Bertz CT molecular complexity index is 102. The third kappa shape index (κ3) is 5.56. The minimum Gasteiger partial charge on any atom is -0.484 e. The number of ether oxygens (including phenoxy) is 1. The van der Waals surface area contributed by atoms with Crippen LogP contribution in [0.25, 0.3) is 0 Å². The van der Waals surface area contributed by atoms with Gasteiger partial charge in [0.05, 0.1) is 7.11 Å². The van der Waals surface area contributed by atoms with Crippen molar-refractivity contribution in [1.29, 1.82) is 5.41 Å². The molecule has 3 nitrogen and oxygen atoms in total. The molecule has 0 heterocycles. The Morgan fingerprint density at radius 3 is 2.50 bits per heavy atom. The highest BCUT2D eigenvalue weighted by atomic mass is 16.5. The Morgan fingerprint density at radius 1 is 1.50 bits per heavy atom. The Labute approximate surface area is 62.5 Å². The molecule has 0 bridgehead atoms. The monoisotopic (exact) mass is 144 g/mol. The summed E-state index contributed by atoms with van der Waals surface area (Å²) in [7, 11) is 5.59. The van der Waals surface area contributed by atoms with E-state index < -0.39 is 0 Å². The van der Waals surface area contributed by atoms with Crippen LogP contribution in [-0.4, -0.2) is 38.5 Å². The maximum atomic E-state index is 7.14. The molecule has 0 atom stereocenters. The molecule has 0 aromatic heterocycles. The zero-order chi connectivity index (χ0) is 7.98. The van der Waals surface area contributed by atoms with E-state index in [0.29, 0.717) is 5.90 Å². The summed E-state index contributed by atoms with van der Waals surface area (Å²) in [6.07, 6.45) is 1.74. The van der Waals surface area contributed by atoms with Gasteiger partial charge in [-0.1, -0.05) is 0 Å². The van der Waals surface area contributed by atoms with Crippen molar-refractivity contribution in [3.63, 3.8) is 0 Å². The van der Waals surface area contributed by atoms with Gasteiger partial charge >= 0.3 is 0 Å². The molecule has 0 aromatic rings. The molecule has 0 saturated heterocycles.